The van der Waals surface area contributed by atoms with Crippen LogP contribution in [0.2, 0.25) is 0 Å². The van der Waals surface area contributed by atoms with Crippen LogP contribution in [-0.2, 0) is 10.0 Å². The highest BCUT2D eigenvalue weighted by Crippen LogP contribution is 2.40. The van der Waals surface area contributed by atoms with Gasteiger partial charge in [-0.25, -0.2) is 9.97 Å². The summed E-state index contributed by atoms with van der Waals surface area (Å²) < 4.78 is 44.9. The Hall–Kier alpha value is -3.88. The number of aliphatic hydroxyl groups excluding tert-OH is 1. The van der Waals surface area contributed by atoms with Crippen molar-refractivity contribution < 1.29 is 27.7 Å². The molecule has 0 aliphatic heterocycles. The highest BCUT2D eigenvalue weighted by molar-refractivity contribution is 7.92. The van der Waals surface area contributed by atoms with E-state index >= 15 is 0 Å². The molecule has 0 radical (unpaired) electrons. The molecule has 1 unspecified atom stereocenters. The molecular formula is C23H24N4O6S. The average molecular weight is 485 g/mol. The minimum atomic E-state index is -4.15. The van der Waals surface area contributed by atoms with E-state index in [1.807, 2.05) is 13.8 Å². The zero-order valence-corrected chi connectivity index (χ0v) is 19.8. The predicted molar refractivity (Wildman–Crippen MR) is 124 cm³/mol. The lowest BCUT2D eigenvalue weighted by molar-refractivity contribution is 0.0274. The maximum Gasteiger partial charge on any atom is 0.280 e. The molecule has 10 nitrogen and oxygen atoms in total. The van der Waals surface area contributed by atoms with Gasteiger partial charge in [-0.1, -0.05) is 32.0 Å². The van der Waals surface area contributed by atoms with Crippen molar-refractivity contribution in [2.24, 2.45) is 0 Å². The number of aromatic nitrogens is 3. The van der Waals surface area contributed by atoms with E-state index in [0.29, 0.717) is 5.75 Å². The molecule has 1 atom stereocenters. The number of ether oxygens (including phenoxy) is 3. The lowest BCUT2D eigenvalue weighted by Gasteiger charge is -2.17. The molecule has 0 saturated carbocycles. The summed E-state index contributed by atoms with van der Waals surface area (Å²) in [4.78, 5) is 12.0. The van der Waals surface area contributed by atoms with Crippen molar-refractivity contribution in [2.45, 2.75) is 38.0 Å². The van der Waals surface area contributed by atoms with Gasteiger partial charge in [0.2, 0.25) is 5.75 Å². The predicted octanol–water partition coefficient (Wildman–Crippen LogP) is 3.32. The first-order valence-corrected chi connectivity index (χ1v) is 11.6. The number of pyridine rings is 1. The molecule has 3 aromatic rings. The third-order valence-corrected chi connectivity index (χ3v) is 5.73. The summed E-state index contributed by atoms with van der Waals surface area (Å²) in [5.41, 5.74) is 0.892. The third kappa shape index (κ3) is 5.92. The van der Waals surface area contributed by atoms with Crippen molar-refractivity contribution in [3.05, 3.63) is 54.5 Å². The zero-order valence-electron chi connectivity index (χ0n) is 19.0. The van der Waals surface area contributed by atoms with E-state index in [9.17, 15) is 13.5 Å². The Kier molecular flexibility index (Phi) is 7.88. The third-order valence-electron chi connectivity index (χ3n) is 4.48. The maximum atomic E-state index is 13.0. The van der Waals surface area contributed by atoms with Crippen LogP contribution in [0.3, 0.4) is 0 Å². The Bertz CT molecular complexity index is 1300. The van der Waals surface area contributed by atoms with E-state index in [2.05, 4.69) is 31.5 Å². The van der Waals surface area contributed by atoms with Gasteiger partial charge in [0.25, 0.3) is 22.2 Å². The van der Waals surface area contributed by atoms with Crippen molar-refractivity contribution in [3.8, 4) is 35.0 Å². The number of rotatable bonds is 9. The second-order valence-corrected chi connectivity index (χ2v) is 8.79. The van der Waals surface area contributed by atoms with Crippen molar-refractivity contribution in [3.63, 3.8) is 0 Å². The SMILES string of the molecule is CC#CC(O)Oc1ncnc(NS(=O)(=O)c2ccc(C(C)C)cn2)c1Oc1ccccc1OC. The Morgan fingerprint density at radius 1 is 1.06 bits per heavy atom. The van der Waals surface area contributed by atoms with Gasteiger partial charge in [-0.05, 0) is 42.5 Å². The molecule has 3 rings (SSSR count). The van der Waals surface area contributed by atoms with Crippen LogP contribution in [0.15, 0.2) is 53.9 Å². The normalized spacial score (nSPS) is 11.8. The van der Waals surface area contributed by atoms with Crippen molar-refractivity contribution >= 4 is 15.8 Å². The minimum absolute atomic E-state index is 0.192. The summed E-state index contributed by atoms with van der Waals surface area (Å²) in [6, 6.07) is 9.78. The van der Waals surface area contributed by atoms with E-state index in [1.54, 1.807) is 30.3 Å². The molecule has 0 bridgehead atoms. The topological polar surface area (TPSA) is 133 Å². The van der Waals surface area contributed by atoms with Crippen molar-refractivity contribution in [1.29, 1.82) is 0 Å². The molecule has 0 amide bonds. The van der Waals surface area contributed by atoms with Crippen LogP contribution < -0.4 is 18.9 Å². The van der Waals surface area contributed by atoms with Gasteiger partial charge >= 0.3 is 0 Å². The van der Waals surface area contributed by atoms with Gasteiger partial charge in [0.1, 0.15) is 6.33 Å². The molecule has 0 saturated heterocycles. The van der Waals surface area contributed by atoms with Crippen LogP contribution in [-0.4, -0.2) is 41.9 Å². The van der Waals surface area contributed by atoms with Crippen molar-refractivity contribution in [1.82, 2.24) is 15.0 Å². The smallest absolute Gasteiger partial charge is 0.280 e. The molecule has 2 heterocycles. The lowest BCUT2D eigenvalue weighted by atomic mass is 10.1. The summed E-state index contributed by atoms with van der Waals surface area (Å²) in [6.07, 6.45) is 1.03. The lowest BCUT2D eigenvalue weighted by Crippen LogP contribution is -2.18. The summed E-state index contributed by atoms with van der Waals surface area (Å²) in [5, 5.41) is 9.77. The fraction of sp³-hybridized carbons (Fsp3) is 0.261. The first-order chi connectivity index (χ1) is 16.2. The van der Waals surface area contributed by atoms with Crippen LogP contribution in [0.25, 0.3) is 0 Å². The van der Waals surface area contributed by atoms with E-state index in [-0.39, 0.29) is 34.1 Å². The van der Waals surface area contributed by atoms with E-state index in [4.69, 9.17) is 14.2 Å². The van der Waals surface area contributed by atoms with Gasteiger partial charge < -0.3 is 19.3 Å². The number of aliphatic hydroxyl groups is 1. The fourth-order valence-corrected chi connectivity index (χ4v) is 3.69. The molecule has 178 valence electrons. The van der Waals surface area contributed by atoms with Crippen molar-refractivity contribution in [2.75, 3.05) is 11.8 Å². The maximum absolute atomic E-state index is 13.0. The number of benzene rings is 1. The molecule has 1 aromatic carbocycles. The zero-order chi connectivity index (χ0) is 24.7. The summed E-state index contributed by atoms with van der Waals surface area (Å²) in [5.74, 6) is 5.04. The van der Waals surface area contributed by atoms with Gasteiger partial charge in [0.05, 0.1) is 7.11 Å². The van der Waals surface area contributed by atoms with Gasteiger partial charge in [-0.2, -0.15) is 13.4 Å². The molecular weight excluding hydrogens is 460 g/mol. The largest absolute Gasteiger partial charge is 0.493 e. The fourth-order valence-electron chi connectivity index (χ4n) is 2.75. The van der Waals surface area contributed by atoms with Crippen LogP contribution in [0.5, 0.6) is 23.1 Å². The van der Waals surface area contributed by atoms with Crippen LogP contribution in [0, 0.1) is 11.8 Å². The monoisotopic (exact) mass is 484 g/mol. The van der Waals surface area contributed by atoms with E-state index < -0.39 is 16.3 Å². The second kappa shape index (κ2) is 10.8. The van der Waals surface area contributed by atoms with Gasteiger partial charge in [-0.3, -0.25) is 4.72 Å². The first-order valence-electron chi connectivity index (χ1n) is 10.2. The number of methoxy groups -OCH3 is 1. The highest BCUT2D eigenvalue weighted by Gasteiger charge is 2.25. The highest BCUT2D eigenvalue weighted by atomic mass is 32.2. The molecule has 0 aliphatic rings. The number of nitrogens with one attached hydrogen (secondary N) is 1. The summed E-state index contributed by atoms with van der Waals surface area (Å²) in [6.45, 7) is 5.48. The van der Waals surface area contributed by atoms with E-state index in [0.717, 1.165) is 11.9 Å². The van der Waals surface area contributed by atoms with Gasteiger partial charge in [-0.15, -0.1) is 5.92 Å². The van der Waals surface area contributed by atoms with Crippen LogP contribution in [0.4, 0.5) is 5.82 Å². The summed E-state index contributed by atoms with van der Waals surface area (Å²) >= 11 is 0. The summed E-state index contributed by atoms with van der Waals surface area (Å²) in [7, 11) is -2.69. The van der Waals surface area contributed by atoms with Gasteiger partial charge in [0, 0.05) is 6.20 Å². The Labute approximate surface area is 198 Å². The number of nitrogens with zero attached hydrogens (tertiary/aromatic N) is 3. The Morgan fingerprint density at radius 3 is 2.41 bits per heavy atom. The quantitative estimate of drug-likeness (QED) is 0.347. The number of hydrogen-bond acceptors (Lipinski definition) is 9. The minimum Gasteiger partial charge on any atom is -0.493 e. The molecule has 0 aliphatic carbocycles. The second-order valence-electron chi connectivity index (χ2n) is 7.16. The molecule has 0 spiro atoms. The standard InChI is InChI=1S/C23H24N4O6S/c1-5-8-20(28)33-23-21(32-18-10-7-6-9-17(18)31-4)22(25-14-26-23)27-34(29,30)19-12-11-16(13-24-19)15(2)3/h6-7,9-15,20,28H,1-4H3,(H,25,26,27). The number of anilines is 1. The average Bonchev–Trinajstić information content (AvgIpc) is 2.81. The molecule has 0 fully saturated rings. The molecule has 34 heavy (non-hydrogen) atoms. The Morgan fingerprint density at radius 2 is 1.79 bits per heavy atom. The number of sulfonamides is 1. The molecule has 2 N–H and O–H groups in total. The first kappa shape index (κ1) is 24.8. The van der Waals surface area contributed by atoms with Crippen LogP contribution in [0.1, 0.15) is 32.3 Å². The van der Waals surface area contributed by atoms with Gasteiger partial charge in [0.15, 0.2) is 22.3 Å². The van der Waals surface area contributed by atoms with Crippen LogP contribution >= 0.6 is 0 Å². The molecule has 2 aromatic heterocycles. The molecule has 11 heteroatoms. The number of para-hydroxylation sites is 2. The number of hydrogen-bond donors (Lipinski definition) is 2. The Balaban J connectivity index is 2.03. The van der Waals surface area contributed by atoms with E-state index in [1.165, 1.54) is 26.3 Å².